The Morgan fingerprint density at radius 1 is 1.41 bits per heavy atom. The maximum atomic E-state index is 11.5. The highest BCUT2D eigenvalue weighted by Gasteiger charge is 2.13. The summed E-state index contributed by atoms with van der Waals surface area (Å²) < 4.78 is 5.10. The van der Waals surface area contributed by atoms with Crippen molar-refractivity contribution in [1.29, 1.82) is 0 Å². The highest BCUT2D eigenvalue weighted by molar-refractivity contribution is 5.92. The summed E-state index contributed by atoms with van der Waals surface area (Å²) >= 11 is 0. The minimum Gasteiger partial charge on any atom is -0.477 e. The maximum Gasteiger partial charge on any atom is 0.351 e. The van der Waals surface area contributed by atoms with Crippen LogP contribution in [0, 0.1) is 0 Å². The van der Waals surface area contributed by atoms with Gasteiger partial charge in [0.15, 0.2) is 0 Å². The second kappa shape index (κ2) is 4.41. The predicted molar refractivity (Wildman–Crippen MR) is 63.4 cm³/mol. The first-order valence-corrected chi connectivity index (χ1v) is 5.42. The van der Waals surface area contributed by atoms with Gasteiger partial charge in [0.05, 0.1) is 0 Å². The van der Waals surface area contributed by atoms with Gasteiger partial charge in [-0.05, 0) is 18.1 Å². The SMILES string of the molecule is CCCc1cccc2cc(C(=O)O)c(=O)oc12. The van der Waals surface area contributed by atoms with Crippen molar-refractivity contribution in [3.8, 4) is 0 Å². The van der Waals surface area contributed by atoms with E-state index in [0.29, 0.717) is 11.0 Å². The molecule has 1 N–H and O–H groups in total. The summed E-state index contributed by atoms with van der Waals surface area (Å²) in [6.07, 6.45) is 1.73. The Labute approximate surface area is 97.5 Å². The summed E-state index contributed by atoms with van der Waals surface area (Å²) in [7, 11) is 0. The van der Waals surface area contributed by atoms with Crippen molar-refractivity contribution in [3.63, 3.8) is 0 Å². The molecule has 0 fully saturated rings. The molecule has 2 rings (SSSR count). The zero-order valence-corrected chi connectivity index (χ0v) is 9.40. The molecule has 0 atom stereocenters. The lowest BCUT2D eigenvalue weighted by Crippen LogP contribution is -2.13. The topological polar surface area (TPSA) is 67.5 Å². The number of carboxylic acids is 1. The predicted octanol–water partition coefficient (Wildman–Crippen LogP) is 2.44. The van der Waals surface area contributed by atoms with Gasteiger partial charge in [0.25, 0.3) is 0 Å². The van der Waals surface area contributed by atoms with Gasteiger partial charge in [0, 0.05) is 5.39 Å². The van der Waals surface area contributed by atoms with E-state index in [1.54, 1.807) is 6.07 Å². The average Bonchev–Trinajstić information content (AvgIpc) is 2.29. The van der Waals surface area contributed by atoms with Gasteiger partial charge in [-0.15, -0.1) is 0 Å². The molecule has 0 saturated heterocycles. The zero-order chi connectivity index (χ0) is 12.4. The lowest BCUT2D eigenvalue weighted by molar-refractivity contribution is 0.0692. The van der Waals surface area contributed by atoms with Crippen LogP contribution in [0.1, 0.15) is 29.3 Å². The number of carbonyl (C=O) groups is 1. The van der Waals surface area contributed by atoms with Crippen LogP contribution in [0.25, 0.3) is 11.0 Å². The number of benzene rings is 1. The van der Waals surface area contributed by atoms with Crippen molar-refractivity contribution >= 4 is 16.9 Å². The minimum atomic E-state index is -1.26. The Morgan fingerprint density at radius 3 is 2.82 bits per heavy atom. The van der Waals surface area contributed by atoms with Gasteiger partial charge < -0.3 is 9.52 Å². The van der Waals surface area contributed by atoms with Gasteiger partial charge in [-0.2, -0.15) is 0 Å². The van der Waals surface area contributed by atoms with E-state index in [-0.39, 0.29) is 5.56 Å². The summed E-state index contributed by atoms with van der Waals surface area (Å²) in [5.41, 5.74) is 0.295. The van der Waals surface area contributed by atoms with Crippen LogP contribution >= 0.6 is 0 Å². The second-order valence-electron chi connectivity index (χ2n) is 3.84. The van der Waals surface area contributed by atoms with Crippen LogP contribution in [0.4, 0.5) is 0 Å². The maximum absolute atomic E-state index is 11.5. The fourth-order valence-electron chi connectivity index (χ4n) is 1.82. The van der Waals surface area contributed by atoms with Crippen molar-refractivity contribution in [3.05, 3.63) is 45.8 Å². The molecule has 1 aromatic heterocycles. The van der Waals surface area contributed by atoms with Gasteiger partial charge >= 0.3 is 11.6 Å². The quantitative estimate of drug-likeness (QED) is 0.825. The van der Waals surface area contributed by atoms with Crippen LogP contribution in [0.2, 0.25) is 0 Å². The molecule has 0 spiro atoms. The van der Waals surface area contributed by atoms with Gasteiger partial charge in [0.2, 0.25) is 0 Å². The highest BCUT2D eigenvalue weighted by Crippen LogP contribution is 2.19. The Hall–Kier alpha value is -2.10. The summed E-state index contributed by atoms with van der Waals surface area (Å²) in [6.45, 7) is 2.03. The molecular weight excluding hydrogens is 220 g/mol. The minimum absolute atomic E-state index is 0.328. The summed E-state index contributed by atoms with van der Waals surface area (Å²) in [5, 5.41) is 9.48. The normalized spacial score (nSPS) is 10.6. The van der Waals surface area contributed by atoms with Crippen molar-refractivity contribution in [2.45, 2.75) is 19.8 Å². The average molecular weight is 232 g/mol. The molecule has 4 nitrogen and oxygen atoms in total. The van der Waals surface area contributed by atoms with Crippen molar-refractivity contribution in [2.75, 3.05) is 0 Å². The summed E-state index contributed by atoms with van der Waals surface area (Å²) in [4.78, 5) is 22.3. The van der Waals surface area contributed by atoms with Crippen LogP contribution < -0.4 is 5.63 Å². The number of aromatic carboxylic acids is 1. The molecule has 88 valence electrons. The number of fused-ring (bicyclic) bond motifs is 1. The number of aryl methyl sites for hydroxylation is 1. The standard InChI is InChI=1S/C13H12O4/c1-2-4-8-5-3-6-9-7-10(12(14)15)13(16)17-11(8)9/h3,5-7H,2,4H2,1H3,(H,14,15). The monoisotopic (exact) mass is 232 g/mol. The van der Waals surface area contributed by atoms with Crippen LogP contribution in [0.5, 0.6) is 0 Å². The molecule has 0 unspecified atom stereocenters. The molecule has 2 aromatic rings. The molecule has 0 aliphatic carbocycles. The zero-order valence-electron chi connectivity index (χ0n) is 9.40. The molecule has 4 heteroatoms. The number of para-hydroxylation sites is 1. The van der Waals surface area contributed by atoms with E-state index in [0.717, 1.165) is 18.4 Å². The lowest BCUT2D eigenvalue weighted by atomic mass is 10.1. The number of hydrogen-bond donors (Lipinski definition) is 1. The first-order chi connectivity index (χ1) is 8.13. The third-order valence-corrected chi connectivity index (χ3v) is 2.59. The molecule has 0 amide bonds. The number of hydrogen-bond acceptors (Lipinski definition) is 3. The first-order valence-electron chi connectivity index (χ1n) is 5.42. The van der Waals surface area contributed by atoms with Crippen LogP contribution in [-0.2, 0) is 6.42 Å². The smallest absolute Gasteiger partial charge is 0.351 e. The van der Waals surface area contributed by atoms with E-state index >= 15 is 0 Å². The molecule has 1 heterocycles. The fraction of sp³-hybridized carbons (Fsp3) is 0.231. The van der Waals surface area contributed by atoms with Crippen molar-refractivity contribution < 1.29 is 14.3 Å². The third kappa shape index (κ3) is 2.06. The van der Waals surface area contributed by atoms with E-state index in [4.69, 9.17) is 9.52 Å². The number of rotatable bonds is 3. The largest absolute Gasteiger partial charge is 0.477 e. The molecule has 0 bridgehead atoms. The van der Waals surface area contributed by atoms with Crippen LogP contribution in [0.15, 0.2) is 33.5 Å². The highest BCUT2D eigenvalue weighted by atomic mass is 16.4. The molecule has 0 radical (unpaired) electrons. The van der Waals surface area contributed by atoms with E-state index < -0.39 is 11.6 Å². The molecule has 0 saturated carbocycles. The van der Waals surface area contributed by atoms with Gasteiger partial charge in [0.1, 0.15) is 11.1 Å². The molecule has 1 aromatic carbocycles. The van der Waals surface area contributed by atoms with Gasteiger partial charge in [-0.1, -0.05) is 31.5 Å². The molecule has 0 aliphatic rings. The van der Waals surface area contributed by atoms with E-state index in [1.165, 1.54) is 6.07 Å². The second-order valence-corrected chi connectivity index (χ2v) is 3.84. The molecule has 17 heavy (non-hydrogen) atoms. The Kier molecular flexibility index (Phi) is 2.95. The van der Waals surface area contributed by atoms with Crippen molar-refractivity contribution in [1.82, 2.24) is 0 Å². The lowest BCUT2D eigenvalue weighted by Gasteiger charge is -2.04. The Balaban J connectivity index is 2.73. The van der Waals surface area contributed by atoms with Crippen LogP contribution in [0.3, 0.4) is 0 Å². The van der Waals surface area contributed by atoms with E-state index in [2.05, 4.69) is 0 Å². The first kappa shape index (κ1) is 11.4. The molecule has 0 aliphatic heterocycles. The fourth-order valence-corrected chi connectivity index (χ4v) is 1.82. The van der Waals surface area contributed by atoms with Crippen LogP contribution in [-0.4, -0.2) is 11.1 Å². The Bertz CT molecular complexity index is 625. The third-order valence-electron chi connectivity index (χ3n) is 2.59. The summed E-state index contributed by atoms with van der Waals surface area (Å²) in [6, 6.07) is 6.82. The molecular formula is C13H12O4. The van der Waals surface area contributed by atoms with Crippen molar-refractivity contribution in [2.24, 2.45) is 0 Å². The number of carboxylic acid groups (broad SMARTS) is 1. The van der Waals surface area contributed by atoms with E-state index in [1.807, 2.05) is 19.1 Å². The van der Waals surface area contributed by atoms with Gasteiger partial charge in [-0.25, -0.2) is 9.59 Å². The van der Waals surface area contributed by atoms with Gasteiger partial charge in [-0.3, -0.25) is 0 Å². The van der Waals surface area contributed by atoms with E-state index in [9.17, 15) is 9.59 Å². The Morgan fingerprint density at radius 2 is 2.18 bits per heavy atom. The summed E-state index contributed by atoms with van der Waals surface area (Å²) in [5.74, 6) is -1.26.